The van der Waals surface area contributed by atoms with Crippen LogP contribution in [0.25, 0.3) is 0 Å². The number of rotatable bonds is 5. The molecule has 1 saturated heterocycles. The van der Waals surface area contributed by atoms with Crippen molar-refractivity contribution >= 4 is 0 Å². The van der Waals surface area contributed by atoms with E-state index in [2.05, 4.69) is 10.6 Å². The van der Waals surface area contributed by atoms with Gasteiger partial charge in [0, 0.05) is 6.04 Å². The Hall–Kier alpha value is -0.0800. The van der Waals surface area contributed by atoms with Crippen molar-refractivity contribution in [2.45, 2.75) is 70.3 Å². The quantitative estimate of drug-likeness (QED) is 0.568. The van der Waals surface area contributed by atoms with E-state index in [-0.39, 0.29) is 0 Å². The lowest BCUT2D eigenvalue weighted by Gasteiger charge is -2.23. The highest BCUT2D eigenvalue weighted by Gasteiger charge is 2.13. The normalized spacial score (nSPS) is 24.7. The summed E-state index contributed by atoms with van der Waals surface area (Å²) in [5, 5.41) is 7.23. The molecule has 2 rings (SSSR count). The summed E-state index contributed by atoms with van der Waals surface area (Å²) >= 11 is 0. The molecule has 0 radical (unpaired) electrons. The van der Waals surface area contributed by atoms with E-state index in [4.69, 9.17) is 0 Å². The second-order valence-electron chi connectivity index (χ2n) is 5.98. The largest absolute Gasteiger partial charge is 0.317 e. The van der Waals surface area contributed by atoms with Gasteiger partial charge < -0.3 is 10.6 Å². The molecule has 0 bridgehead atoms. The number of hydrogen-bond acceptors (Lipinski definition) is 2. The minimum absolute atomic E-state index is 0.838. The highest BCUT2D eigenvalue weighted by atomic mass is 14.9. The molecule has 0 aromatic carbocycles. The van der Waals surface area contributed by atoms with Crippen LogP contribution in [0, 0.1) is 5.92 Å². The minimum atomic E-state index is 0.838. The third-order valence-corrected chi connectivity index (χ3v) is 4.54. The van der Waals surface area contributed by atoms with Gasteiger partial charge in [0.1, 0.15) is 0 Å². The van der Waals surface area contributed by atoms with E-state index in [9.17, 15) is 0 Å². The Labute approximate surface area is 107 Å². The molecular weight excluding hydrogens is 208 g/mol. The topological polar surface area (TPSA) is 24.1 Å². The Bertz CT molecular complexity index is 179. The molecule has 100 valence electrons. The van der Waals surface area contributed by atoms with Crippen molar-refractivity contribution in [1.29, 1.82) is 0 Å². The van der Waals surface area contributed by atoms with Crippen molar-refractivity contribution in [2.24, 2.45) is 5.92 Å². The van der Waals surface area contributed by atoms with Gasteiger partial charge in [-0.3, -0.25) is 0 Å². The van der Waals surface area contributed by atoms with E-state index in [0.717, 1.165) is 12.0 Å². The third kappa shape index (κ3) is 5.39. The molecule has 2 heteroatoms. The van der Waals surface area contributed by atoms with Crippen molar-refractivity contribution in [2.75, 3.05) is 19.6 Å². The molecule has 0 spiro atoms. The molecule has 17 heavy (non-hydrogen) atoms. The second-order valence-corrected chi connectivity index (χ2v) is 5.98. The van der Waals surface area contributed by atoms with Gasteiger partial charge in [0.15, 0.2) is 0 Å². The highest BCUT2D eigenvalue weighted by Crippen LogP contribution is 2.19. The first kappa shape index (κ1) is 13.4. The zero-order valence-corrected chi connectivity index (χ0v) is 11.3. The fourth-order valence-corrected chi connectivity index (χ4v) is 3.35. The van der Waals surface area contributed by atoms with Gasteiger partial charge in [-0.05, 0) is 64.1 Å². The smallest absolute Gasteiger partial charge is 0.00670 e. The average Bonchev–Trinajstić information content (AvgIpc) is 2.65. The zero-order chi connectivity index (χ0) is 11.8. The van der Waals surface area contributed by atoms with Crippen LogP contribution < -0.4 is 10.6 Å². The maximum absolute atomic E-state index is 3.79. The summed E-state index contributed by atoms with van der Waals surface area (Å²) in [6.07, 6.45) is 14.3. The molecule has 1 aliphatic carbocycles. The molecule has 0 unspecified atom stereocenters. The summed E-state index contributed by atoms with van der Waals surface area (Å²) in [6, 6.07) is 0.838. The molecule has 1 heterocycles. The van der Waals surface area contributed by atoms with Crippen LogP contribution in [0.3, 0.4) is 0 Å². The average molecular weight is 238 g/mol. The Balaban J connectivity index is 1.49. The van der Waals surface area contributed by atoms with E-state index < -0.39 is 0 Å². The van der Waals surface area contributed by atoms with E-state index in [0.29, 0.717) is 0 Å². The fraction of sp³-hybridized carbons (Fsp3) is 1.00. The third-order valence-electron chi connectivity index (χ3n) is 4.54. The lowest BCUT2D eigenvalue weighted by molar-refractivity contribution is 0.339. The number of nitrogens with one attached hydrogen (secondary N) is 2. The van der Waals surface area contributed by atoms with E-state index in [1.807, 2.05) is 0 Å². The lowest BCUT2D eigenvalue weighted by atomic mass is 9.93. The monoisotopic (exact) mass is 238 g/mol. The highest BCUT2D eigenvalue weighted by molar-refractivity contribution is 4.72. The predicted octanol–water partition coefficient (Wildman–Crippen LogP) is 3.08. The summed E-state index contributed by atoms with van der Waals surface area (Å²) in [4.78, 5) is 0. The zero-order valence-electron chi connectivity index (χ0n) is 11.3. The molecule has 2 nitrogen and oxygen atoms in total. The van der Waals surface area contributed by atoms with Gasteiger partial charge in [0.05, 0.1) is 0 Å². The van der Waals surface area contributed by atoms with E-state index >= 15 is 0 Å². The minimum Gasteiger partial charge on any atom is -0.317 e. The van der Waals surface area contributed by atoms with Gasteiger partial charge in [0.25, 0.3) is 0 Å². The predicted molar refractivity (Wildman–Crippen MR) is 74.3 cm³/mol. The molecular formula is C15H30N2. The molecule has 0 aromatic heterocycles. The first-order valence-electron chi connectivity index (χ1n) is 7.89. The molecule has 1 aliphatic heterocycles. The second kappa shape index (κ2) is 8.10. The van der Waals surface area contributed by atoms with Gasteiger partial charge >= 0.3 is 0 Å². The Kier molecular flexibility index (Phi) is 6.36. The summed E-state index contributed by atoms with van der Waals surface area (Å²) in [5.41, 5.74) is 0. The summed E-state index contributed by atoms with van der Waals surface area (Å²) in [6.45, 7) is 3.76. The van der Waals surface area contributed by atoms with Crippen LogP contribution in [0.5, 0.6) is 0 Å². The van der Waals surface area contributed by atoms with E-state index in [1.165, 1.54) is 83.8 Å². The first-order chi connectivity index (χ1) is 8.45. The lowest BCUT2D eigenvalue weighted by Crippen LogP contribution is -2.31. The molecule has 0 amide bonds. The molecule has 0 atom stereocenters. The SMILES string of the molecule is C1CCCC(NCCCC2CCNCC2)CC1. The standard InChI is InChI=1S/C15H30N2/c1-2-4-8-15(7-3-1)17-11-5-6-14-9-12-16-13-10-14/h14-17H,1-13H2. The van der Waals surface area contributed by atoms with Crippen molar-refractivity contribution in [3.63, 3.8) is 0 Å². The van der Waals surface area contributed by atoms with Gasteiger partial charge in [-0.1, -0.05) is 25.7 Å². The summed E-state index contributed by atoms with van der Waals surface area (Å²) in [7, 11) is 0. The van der Waals surface area contributed by atoms with Gasteiger partial charge in [-0.15, -0.1) is 0 Å². The molecule has 2 fully saturated rings. The first-order valence-corrected chi connectivity index (χ1v) is 7.89. The van der Waals surface area contributed by atoms with Crippen LogP contribution in [-0.2, 0) is 0 Å². The Morgan fingerprint density at radius 2 is 1.59 bits per heavy atom. The maximum Gasteiger partial charge on any atom is 0.00670 e. The van der Waals surface area contributed by atoms with Crippen LogP contribution in [0.4, 0.5) is 0 Å². The number of hydrogen-bond donors (Lipinski definition) is 2. The van der Waals surface area contributed by atoms with Crippen LogP contribution in [0.2, 0.25) is 0 Å². The molecule has 0 aromatic rings. The van der Waals surface area contributed by atoms with Gasteiger partial charge in [-0.2, -0.15) is 0 Å². The maximum atomic E-state index is 3.79. The van der Waals surface area contributed by atoms with Crippen molar-refractivity contribution < 1.29 is 0 Å². The van der Waals surface area contributed by atoms with Crippen molar-refractivity contribution in [1.82, 2.24) is 10.6 Å². The van der Waals surface area contributed by atoms with Gasteiger partial charge in [-0.25, -0.2) is 0 Å². The summed E-state index contributed by atoms with van der Waals surface area (Å²) in [5.74, 6) is 1.01. The Morgan fingerprint density at radius 1 is 0.882 bits per heavy atom. The van der Waals surface area contributed by atoms with Crippen LogP contribution in [0.15, 0.2) is 0 Å². The van der Waals surface area contributed by atoms with Crippen LogP contribution in [-0.4, -0.2) is 25.7 Å². The summed E-state index contributed by atoms with van der Waals surface area (Å²) < 4.78 is 0. The number of piperidine rings is 1. The Morgan fingerprint density at radius 3 is 2.29 bits per heavy atom. The molecule has 2 N–H and O–H groups in total. The van der Waals surface area contributed by atoms with E-state index in [1.54, 1.807) is 0 Å². The van der Waals surface area contributed by atoms with Gasteiger partial charge in [0.2, 0.25) is 0 Å². The van der Waals surface area contributed by atoms with Crippen LogP contribution >= 0.6 is 0 Å². The molecule has 1 saturated carbocycles. The molecule has 2 aliphatic rings. The van der Waals surface area contributed by atoms with Crippen molar-refractivity contribution in [3.8, 4) is 0 Å². The van der Waals surface area contributed by atoms with Crippen molar-refractivity contribution in [3.05, 3.63) is 0 Å². The van der Waals surface area contributed by atoms with Crippen LogP contribution in [0.1, 0.15) is 64.2 Å². The fourth-order valence-electron chi connectivity index (χ4n) is 3.35.